The van der Waals surface area contributed by atoms with E-state index in [0.717, 1.165) is 5.56 Å². The van der Waals surface area contributed by atoms with E-state index in [1.54, 1.807) is 12.1 Å². The van der Waals surface area contributed by atoms with E-state index in [4.69, 9.17) is 9.47 Å². The van der Waals surface area contributed by atoms with Crippen molar-refractivity contribution in [2.75, 3.05) is 27.7 Å². The molecule has 1 aliphatic heterocycles. The highest BCUT2D eigenvalue weighted by Gasteiger charge is 2.76. The van der Waals surface area contributed by atoms with E-state index in [1.807, 2.05) is 49.3 Å². The van der Waals surface area contributed by atoms with Crippen molar-refractivity contribution < 1.29 is 28.5 Å². The summed E-state index contributed by atoms with van der Waals surface area (Å²) in [6, 6.07) is 15.3. The fourth-order valence-corrected chi connectivity index (χ4v) is 6.03. The smallest absolute Gasteiger partial charge is 0.263 e. The summed E-state index contributed by atoms with van der Waals surface area (Å²) in [5.41, 5.74) is -1.95. The SMILES string of the molecule is COc1cncc2c1C1(O)C(O)C(CN(C)C)C(c3ccccc3)C1(c1ccc(C(F)F)cc1)O2. The summed E-state index contributed by atoms with van der Waals surface area (Å²) in [7, 11) is 5.26. The van der Waals surface area contributed by atoms with Gasteiger partial charge in [0.05, 0.1) is 31.2 Å². The molecule has 2 aromatic carbocycles. The van der Waals surface area contributed by atoms with E-state index in [0.29, 0.717) is 17.7 Å². The molecule has 0 saturated heterocycles. The number of halogens is 2. The largest absolute Gasteiger partial charge is 0.495 e. The van der Waals surface area contributed by atoms with Gasteiger partial charge in [0.25, 0.3) is 6.43 Å². The molecule has 35 heavy (non-hydrogen) atoms. The van der Waals surface area contributed by atoms with Gasteiger partial charge in [-0.2, -0.15) is 0 Å². The molecule has 2 heterocycles. The average Bonchev–Trinajstić information content (AvgIpc) is 3.23. The monoisotopic (exact) mass is 482 g/mol. The second kappa shape index (κ2) is 8.55. The van der Waals surface area contributed by atoms with Gasteiger partial charge in [0.2, 0.25) is 0 Å². The highest BCUT2D eigenvalue weighted by molar-refractivity contribution is 5.59. The Hall–Kier alpha value is -3.07. The van der Waals surface area contributed by atoms with Crippen LogP contribution in [-0.4, -0.2) is 54.0 Å². The second-order valence-electron chi connectivity index (χ2n) is 9.50. The van der Waals surface area contributed by atoms with Crippen LogP contribution in [0.4, 0.5) is 8.78 Å². The van der Waals surface area contributed by atoms with Crippen molar-refractivity contribution in [1.82, 2.24) is 9.88 Å². The van der Waals surface area contributed by atoms with Gasteiger partial charge in [-0.1, -0.05) is 54.6 Å². The van der Waals surface area contributed by atoms with Gasteiger partial charge in [0.15, 0.2) is 11.2 Å². The van der Waals surface area contributed by atoms with Crippen LogP contribution >= 0.6 is 0 Å². The Bertz CT molecular complexity index is 1210. The molecule has 1 fully saturated rings. The minimum Gasteiger partial charge on any atom is -0.495 e. The fraction of sp³-hybridized carbons (Fsp3) is 0.370. The summed E-state index contributed by atoms with van der Waals surface area (Å²) >= 11 is 0. The quantitative estimate of drug-likeness (QED) is 0.556. The number of pyridine rings is 1. The van der Waals surface area contributed by atoms with Crippen molar-refractivity contribution >= 4 is 0 Å². The topological polar surface area (TPSA) is 75.0 Å². The summed E-state index contributed by atoms with van der Waals surface area (Å²) < 4.78 is 39.0. The molecule has 0 amide bonds. The van der Waals surface area contributed by atoms with Gasteiger partial charge in [0, 0.05) is 23.9 Å². The molecule has 3 aromatic rings. The van der Waals surface area contributed by atoms with Crippen LogP contribution in [-0.2, 0) is 11.2 Å². The normalized spacial score (nSPS) is 29.2. The molecule has 1 aromatic heterocycles. The molecule has 2 aliphatic rings. The van der Waals surface area contributed by atoms with Crippen molar-refractivity contribution in [3.05, 3.63) is 89.2 Å². The number of methoxy groups -OCH3 is 1. The number of alkyl halides is 2. The summed E-state index contributed by atoms with van der Waals surface area (Å²) in [5.74, 6) is -0.417. The number of benzene rings is 2. The molecule has 0 spiro atoms. The highest BCUT2D eigenvalue weighted by Crippen LogP contribution is 2.69. The standard InChI is InChI=1S/C27H28F2N2O4/c1-31(2)15-19-22(16-7-5-4-6-8-16)27(18-11-9-17(10-12-18)25(28)29)26(33,24(19)32)23-20(34-3)13-30-14-21(23)35-27/h4-14,19,22,24-25,32-33H,15H2,1-3H3. The highest BCUT2D eigenvalue weighted by atomic mass is 19.3. The zero-order valence-corrected chi connectivity index (χ0v) is 19.7. The number of aliphatic hydroxyl groups excluding tert-OH is 1. The van der Waals surface area contributed by atoms with Gasteiger partial charge in [-0.3, -0.25) is 4.98 Å². The van der Waals surface area contributed by atoms with Crippen LogP contribution in [0.1, 0.15) is 34.6 Å². The van der Waals surface area contributed by atoms with Gasteiger partial charge >= 0.3 is 0 Å². The predicted octanol–water partition coefficient (Wildman–Crippen LogP) is 3.84. The van der Waals surface area contributed by atoms with Crippen molar-refractivity contribution in [1.29, 1.82) is 0 Å². The molecular formula is C27H28F2N2O4. The van der Waals surface area contributed by atoms with Crippen LogP contribution in [0.25, 0.3) is 0 Å². The molecule has 0 radical (unpaired) electrons. The molecule has 1 aliphatic carbocycles. The Morgan fingerprint density at radius 1 is 1.09 bits per heavy atom. The van der Waals surface area contributed by atoms with Gasteiger partial charge in [-0.25, -0.2) is 8.78 Å². The lowest BCUT2D eigenvalue weighted by Gasteiger charge is -2.41. The molecular weight excluding hydrogens is 454 g/mol. The first-order chi connectivity index (χ1) is 16.8. The van der Waals surface area contributed by atoms with E-state index < -0.39 is 35.6 Å². The predicted molar refractivity (Wildman–Crippen MR) is 126 cm³/mol. The molecule has 0 bridgehead atoms. The number of rotatable bonds is 6. The van der Waals surface area contributed by atoms with Crippen molar-refractivity contribution in [3.8, 4) is 11.5 Å². The summed E-state index contributed by atoms with van der Waals surface area (Å²) in [6.07, 6.45) is -0.937. The third kappa shape index (κ3) is 3.27. The first-order valence-corrected chi connectivity index (χ1v) is 11.5. The Kier molecular flexibility index (Phi) is 5.78. The van der Waals surface area contributed by atoms with E-state index in [2.05, 4.69) is 4.98 Å². The zero-order valence-electron chi connectivity index (χ0n) is 19.7. The van der Waals surface area contributed by atoms with Gasteiger partial charge < -0.3 is 24.6 Å². The van der Waals surface area contributed by atoms with E-state index in [-0.39, 0.29) is 17.1 Å². The van der Waals surface area contributed by atoms with Crippen LogP contribution in [0, 0.1) is 5.92 Å². The van der Waals surface area contributed by atoms with Crippen LogP contribution in [0.3, 0.4) is 0 Å². The van der Waals surface area contributed by atoms with Gasteiger partial charge in [-0.05, 0) is 25.2 Å². The first kappa shape index (κ1) is 23.7. The Balaban J connectivity index is 1.83. The lowest BCUT2D eigenvalue weighted by Crippen LogP contribution is -2.52. The number of aliphatic hydroxyl groups is 2. The maximum absolute atomic E-state index is 13.4. The zero-order chi connectivity index (χ0) is 25.0. The lowest BCUT2D eigenvalue weighted by atomic mass is 9.70. The van der Waals surface area contributed by atoms with Crippen LogP contribution in [0.5, 0.6) is 11.5 Å². The molecule has 6 nitrogen and oxygen atoms in total. The number of fused-ring (bicyclic) bond motifs is 3. The molecule has 1 saturated carbocycles. The summed E-state index contributed by atoms with van der Waals surface area (Å²) in [5, 5.41) is 24.5. The number of hydrogen-bond donors (Lipinski definition) is 2. The van der Waals surface area contributed by atoms with E-state index >= 15 is 0 Å². The lowest BCUT2D eigenvalue weighted by molar-refractivity contribution is -0.152. The maximum atomic E-state index is 13.4. The molecule has 2 N–H and O–H groups in total. The van der Waals surface area contributed by atoms with Crippen LogP contribution < -0.4 is 9.47 Å². The molecule has 184 valence electrons. The molecule has 5 rings (SSSR count). The van der Waals surface area contributed by atoms with E-state index in [1.165, 1.54) is 31.6 Å². The van der Waals surface area contributed by atoms with Crippen LogP contribution in [0.2, 0.25) is 0 Å². The Morgan fingerprint density at radius 2 is 1.77 bits per heavy atom. The molecule has 5 unspecified atom stereocenters. The number of hydrogen-bond acceptors (Lipinski definition) is 6. The second-order valence-corrected chi connectivity index (χ2v) is 9.50. The third-order valence-corrected chi connectivity index (χ3v) is 7.34. The van der Waals surface area contributed by atoms with Crippen molar-refractivity contribution in [3.63, 3.8) is 0 Å². The summed E-state index contributed by atoms with van der Waals surface area (Å²) in [6.45, 7) is 0.450. The number of aromatic nitrogens is 1. The van der Waals surface area contributed by atoms with Crippen molar-refractivity contribution in [2.24, 2.45) is 5.92 Å². The molecule has 5 atom stereocenters. The fourth-order valence-electron chi connectivity index (χ4n) is 6.03. The van der Waals surface area contributed by atoms with Crippen molar-refractivity contribution in [2.45, 2.75) is 29.6 Å². The maximum Gasteiger partial charge on any atom is 0.263 e. The minimum absolute atomic E-state index is 0.136. The Morgan fingerprint density at radius 3 is 2.37 bits per heavy atom. The molecule has 8 heteroatoms. The van der Waals surface area contributed by atoms with Gasteiger partial charge in [0.1, 0.15) is 11.5 Å². The van der Waals surface area contributed by atoms with Crippen LogP contribution in [0.15, 0.2) is 67.0 Å². The number of ether oxygens (including phenoxy) is 2. The van der Waals surface area contributed by atoms with Gasteiger partial charge in [-0.15, -0.1) is 0 Å². The third-order valence-electron chi connectivity index (χ3n) is 7.34. The first-order valence-electron chi connectivity index (χ1n) is 11.5. The Labute approximate surface area is 202 Å². The summed E-state index contributed by atoms with van der Waals surface area (Å²) in [4.78, 5) is 6.14. The minimum atomic E-state index is -2.63. The average molecular weight is 483 g/mol. The van der Waals surface area contributed by atoms with E-state index in [9.17, 15) is 19.0 Å². The number of nitrogens with zero attached hydrogens (tertiary/aromatic N) is 2.